The van der Waals surface area contributed by atoms with E-state index in [1.807, 2.05) is 36.9 Å². The van der Waals surface area contributed by atoms with Gasteiger partial charge in [0, 0.05) is 24.5 Å². The van der Waals surface area contributed by atoms with Crippen molar-refractivity contribution < 1.29 is 27.7 Å². The molecule has 21 heavy (non-hydrogen) atoms. The maximum Gasteiger partial charge on any atom is 0.394 e. The zero-order valence-corrected chi connectivity index (χ0v) is 12.8. The molecule has 8 nitrogen and oxygen atoms in total. The quantitative estimate of drug-likeness (QED) is 0.379. The van der Waals surface area contributed by atoms with E-state index in [1.54, 1.807) is 0 Å². The maximum atomic E-state index is 9.43. The van der Waals surface area contributed by atoms with E-state index in [1.165, 1.54) is 0 Å². The van der Waals surface area contributed by atoms with Gasteiger partial charge in [0.1, 0.15) is 0 Å². The van der Waals surface area contributed by atoms with Gasteiger partial charge in [-0.3, -0.25) is 9.11 Å². The van der Waals surface area contributed by atoms with Gasteiger partial charge in [-0.1, -0.05) is 0 Å². The van der Waals surface area contributed by atoms with Crippen molar-refractivity contribution in [3.8, 4) is 0 Å². The largest absolute Gasteiger partial charge is 0.399 e. The van der Waals surface area contributed by atoms with Crippen molar-refractivity contribution >= 4 is 21.8 Å². The number of aryl methyl sites for hydroxylation is 1. The van der Waals surface area contributed by atoms with E-state index >= 15 is 0 Å². The molecule has 9 heteroatoms. The number of aliphatic hydroxyl groups is 2. The summed E-state index contributed by atoms with van der Waals surface area (Å²) in [4.78, 5) is 2.01. The first-order valence-corrected chi connectivity index (χ1v) is 7.58. The second kappa shape index (κ2) is 8.80. The Morgan fingerprint density at radius 2 is 1.86 bits per heavy atom. The van der Waals surface area contributed by atoms with Crippen LogP contribution in [0.2, 0.25) is 0 Å². The lowest BCUT2D eigenvalue weighted by Gasteiger charge is -2.25. The molecule has 122 valence electrons. The summed E-state index contributed by atoms with van der Waals surface area (Å²) in [6, 6.07) is 5.78. The highest BCUT2D eigenvalue weighted by Gasteiger charge is 2.10. The third-order valence-corrected chi connectivity index (χ3v) is 2.64. The van der Waals surface area contributed by atoms with E-state index in [0.717, 1.165) is 23.5 Å². The van der Waals surface area contributed by atoms with Gasteiger partial charge in [-0.05, 0) is 37.6 Å². The monoisotopic (exact) mass is 322 g/mol. The molecule has 0 saturated carbocycles. The number of nitrogens with two attached hydrogens (primary N) is 1. The summed E-state index contributed by atoms with van der Waals surface area (Å²) in [7, 11) is -4.67. The molecular formula is C12H22N2O6S. The fourth-order valence-corrected chi connectivity index (χ4v) is 1.59. The zero-order valence-electron chi connectivity index (χ0n) is 12.0. The third-order valence-electron chi connectivity index (χ3n) is 2.64. The van der Waals surface area contributed by atoms with Crippen LogP contribution in [0.15, 0.2) is 18.2 Å². The molecule has 1 atom stereocenters. The number of hydrogen-bond acceptors (Lipinski definition) is 6. The van der Waals surface area contributed by atoms with Gasteiger partial charge in [0.25, 0.3) is 0 Å². The van der Waals surface area contributed by atoms with Gasteiger partial charge < -0.3 is 20.8 Å². The third kappa shape index (κ3) is 9.21. The number of nitrogen functional groups attached to an aromatic ring is 1. The minimum atomic E-state index is -4.67. The molecule has 0 aliphatic carbocycles. The Balaban J connectivity index is 0.000000690. The maximum absolute atomic E-state index is 9.43. The van der Waals surface area contributed by atoms with Crippen LogP contribution in [0.3, 0.4) is 0 Å². The lowest BCUT2D eigenvalue weighted by molar-refractivity contribution is 0.100. The van der Waals surface area contributed by atoms with Crippen LogP contribution in [0.4, 0.5) is 11.4 Å². The van der Waals surface area contributed by atoms with Crippen molar-refractivity contribution in [1.29, 1.82) is 0 Å². The highest BCUT2D eigenvalue weighted by molar-refractivity contribution is 7.79. The smallest absolute Gasteiger partial charge is 0.394 e. The molecule has 6 N–H and O–H groups in total. The van der Waals surface area contributed by atoms with Crippen LogP contribution in [0, 0.1) is 6.92 Å². The number of benzene rings is 1. The summed E-state index contributed by atoms with van der Waals surface area (Å²) in [6.07, 6.45) is -0.710. The number of anilines is 2. The average molecular weight is 322 g/mol. The Kier molecular flexibility index (Phi) is 8.22. The number of nitrogens with zero attached hydrogens (tertiary/aromatic N) is 1. The number of aliphatic hydroxyl groups excluding tert-OH is 2. The van der Waals surface area contributed by atoms with Crippen molar-refractivity contribution in [3.05, 3.63) is 23.8 Å². The van der Waals surface area contributed by atoms with Crippen molar-refractivity contribution in [2.24, 2.45) is 0 Å². The molecule has 0 spiro atoms. The Morgan fingerprint density at radius 1 is 1.33 bits per heavy atom. The Labute approximate surface area is 124 Å². The Hall–Kier alpha value is -1.39. The zero-order chi connectivity index (χ0) is 16.6. The van der Waals surface area contributed by atoms with Crippen molar-refractivity contribution in [1.82, 2.24) is 0 Å². The summed E-state index contributed by atoms with van der Waals surface area (Å²) < 4.78 is 31.6. The molecule has 0 heterocycles. The summed E-state index contributed by atoms with van der Waals surface area (Å²) in [5.41, 5.74) is 8.55. The van der Waals surface area contributed by atoms with E-state index in [9.17, 15) is 5.11 Å². The molecule has 0 amide bonds. The fraction of sp³-hybridized carbons (Fsp3) is 0.500. The standard InChI is InChI=1S/C12H20N2O2.H2O4S/c1-3-14(7-11(16)8-15)10-4-5-12(13)9(2)6-10;1-5(2,3)4/h4-6,11,15-16H,3,7-8,13H2,1-2H3;(H2,1,2,3,4). The molecule has 0 aliphatic heterocycles. The molecule has 0 radical (unpaired) electrons. The van der Waals surface area contributed by atoms with Gasteiger partial charge in [-0.2, -0.15) is 8.42 Å². The van der Waals surface area contributed by atoms with Crippen molar-refractivity contribution in [2.45, 2.75) is 20.0 Å². The molecular weight excluding hydrogens is 300 g/mol. The van der Waals surface area contributed by atoms with Crippen molar-refractivity contribution in [3.63, 3.8) is 0 Å². The van der Waals surface area contributed by atoms with Crippen LogP contribution in [0.25, 0.3) is 0 Å². The van der Waals surface area contributed by atoms with Crippen LogP contribution >= 0.6 is 0 Å². The predicted octanol–water partition coefficient (Wildman–Crippen LogP) is 0.104. The van der Waals surface area contributed by atoms with E-state index < -0.39 is 16.5 Å². The summed E-state index contributed by atoms with van der Waals surface area (Å²) >= 11 is 0. The number of likely N-dealkylation sites (N-methyl/N-ethyl adjacent to an activating group) is 1. The molecule has 1 unspecified atom stereocenters. The van der Waals surface area contributed by atoms with Crippen LogP contribution < -0.4 is 10.6 Å². The molecule has 0 aromatic heterocycles. The lowest BCUT2D eigenvalue weighted by Crippen LogP contribution is -2.34. The molecule has 0 bridgehead atoms. The van der Waals surface area contributed by atoms with Gasteiger partial charge in [0.2, 0.25) is 0 Å². The second-order valence-electron chi connectivity index (χ2n) is 4.36. The average Bonchev–Trinajstić information content (AvgIpc) is 2.37. The first kappa shape index (κ1) is 19.6. The van der Waals surface area contributed by atoms with Gasteiger partial charge in [-0.25, -0.2) is 0 Å². The molecule has 0 saturated heterocycles. The minimum absolute atomic E-state index is 0.218. The van der Waals surface area contributed by atoms with E-state index in [4.69, 9.17) is 28.4 Å². The first-order valence-electron chi connectivity index (χ1n) is 6.18. The fourth-order valence-electron chi connectivity index (χ4n) is 1.59. The topological polar surface area (TPSA) is 144 Å². The van der Waals surface area contributed by atoms with Crippen LogP contribution in [-0.2, 0) is 10.4 Å². The summed E-state index contributed by atoms with van der Waals surface area (Å²) in [5.74, 6) is 0. The van der Waals surface area contributed by atoms with Gasteiger partial charge in [0.05, 0.1) is 12.7 Å². The van der Waals surface area contributed by atoms with Gasteiger partial charge in [-0.15, -0.1) is 0 Å². The SMILES string of the molecule is CCN(CC(O)CO)c1ccc(N)c(C)c1.O=S(=O)(O)O. The normalized spacial score (nSPS) is 12.3. The van der Waals surface area contributed by atoms with Gasteiger partial charge in [0.15, 0.2) is 0 Å². The summed E-state index contributed by atoms with van der Waals surface area (Å²) in [6.45, 7) is 4.95. The molecule has 1 rings (SSSR count). The molecule has 0 fully saturated rings. The van der Waals surface area contributed by atoms with Gasteiger partial charge >= 0.3 is 10.4 Å². The second-order valence-corrected chi connectivity index (χ2v) is 5.26. The van der Waals surface area contributed by atoms with E-state index in [2.05, 4.69) is 0 Å². The first-order chi connectivity index (χ1) is 9.58. The Bertz CT molecular complexity index is 527. The number of rotatable bonds is 5. The highest BCUT2D eigenvalue weighted by atomic mass is 32.3. The molecule has 1 aromatic rings. The van der Waals surface area contributed by atoms with Crippen LogP contribution in [-0.4, -0.2) is 53.5 Å². The molecule has 1 aromatic carbocycles. The van der Waals surface area contributed by atoms with Crippen molar-refractivity contribution in [2.75, 3.05) is 30.3 Å². The highest BCUT2D eigenvalue weighted by Crippen LogP contribution is 2.20. The van der Waals surface area contributed by atoms with Crippen LogP contribution in [0.5, 0.6) is 0 Å². The van der Waals surface area contributed by atoms with Crippen LogP contribution in [0.1, 0.15) is 12.5 Å². The minimum Gasteiger partial charge on any atom is -0.399 e. The predicted molar refractivity (Wildman–Crippen MR) is 80.7 cm³/mol. The summed E-state index contributed by atoms with van der Waals surface area (Å²) in [5, 5.41) is 18.3. The Morgan fingerprint density at radius 3 is 2.24 bits per heavy atom. The van der Waals surface area contributed by atoms with E-state index in [-0.39, 0.29) is 6.61 Å². The lowest BCUT2D eigenvalue weighted by atomic mass is 10.1. The molecule has 0 aliphatic rings. The number of hydrogen-bond donors (Lipinski definition) is 5. The van der Waals surface area contributed by atoms with E-state index in [0.29, 0.717) is 6.54 Å².